The van der Waals surface area contributed by atoms with Gasteiger partial charge in [0.05, 0.1) is 0 Å². The molecular formula is C17H19F3N4O2. The Morgan fingerprint density at radius 1 is 1.38 bits per heavy atom. The van der Waals surface area contributed by atoms with Gasteiger partial charge >= 0.3 is 6.18 Å². The van der Waals surface area contributed by atoms with Crippen LogP contribution in [-0.2, 0) is 30.5 Å². The van der Waals surface area contributed by atoms with Crippen LogP contribution in [0.2, 0.25) is 0 Å². The first-order chi connectivity index (χ1) is 12.2. The average Bonchev–Trinajstić information content (AvgIpc) is 3.00. The van der Waals surface area contributed by atoms with Crippen molar-refractivity contribution >= 4 is 5.91 Å². The Bertz CT molecular complexity index is 856. The van der Waals surface area contributed by atoms with E-state index >= 15 is 0 Å². The molecule has 6 nitrogen and oxygen atoms in total. The van der Waals surface area contributed by atoms with Crippen molar-refractivity contribution in [3.63, 3.8) is 0 Å². The lowest BCUT2D eigenvalue weighted by Gasteiger charge is -2.28. The van der Waals surface area contributed by atoms with E-state index in [0.29, 0.717) is 31.8 Å². The first kappa shape index (κ1) is 18.2. The molecular weight excluding hydrogens is 349 g/mol. The van der Waals surface area contributed by atoms with Gasteiger partial charge in [-0.2, -0.15) is 13.2 Å². The number of carbonyl (C=O) groups excluding carboxylic acids is 1. The molecule has 26 heavy (non-hydrogen) atoms. The molecule has 0 aromatic carbocycles. The van der Waals surface area contributed by atoms with Crippen molar-refractivity contribution in [2.45, 2.75) is 32.1 Å². The maximum atomic E-state index is 12.8. The van der Waals surface area contributed by atoms with Crippen molar-refractivity contribution < 1.29 is 18.0 Å². The second-order valence-electron chi connectivity index (χ2n) is 6.54. The summed E-state index contributed by atoms with van der Waals surface area (Å²) in [6, 6.07) is 4.66. The van der Waals surface area contributed by atoms with E-state index < -0.39 is 11.9 Å². The second-order valence-corrected chi connectivity index (χ2v) is 6.54. The highest BCUT2D eigenvalue weighted by Gasteiger charge is 2.36. The Hall–Kier alpha value is -2.58. The number of imidazole rings is 1. The molecule has 0 spiro atoms. The van der Waals surface area contributed by atoms with Crippen LogP contribution in [0.3, 0.4) is 0 Å². The van der Waals surface area contributed by atoms with Gasteiger partial charge in [0.1, 0.15) is 12.4 Å². The molecule has 1 atom stereocenters. The highest BCUT2D eigenvalue weighted by Crippen LogP contribution is 2.30. The van der Waals surface area contributed by atoms with Crippen LogP contribution < -0.4 is 5.56 Å². The van der Waals surface area contributed by atoms with Gasteiger partial charge in [-0.05, 0) is 18.4 Å². The van der Waals surface area contributed by atoms with Gasteiger partial charge in [-0.1, -0.05) is 6.07 Å². The molecule has 0 unspecified atom stereocenters. The minimum absolute atomic E-state index is 0.0410. The highest BCUT2D eigenvalue weighted by atomic mass is 19.4. The zero-order chi connectivity index (χ0) is 18.9. The van der Waals surface area contributed by atoms with Gasteiger partial charge in [0.15, 0.2) is 5.69 Å². The third kappa shape index (κ3) is 3.97. The number of aromatic nitrogens is 3. The number of rotatable bonds is 4. The summed E-state index contributed by atoms with van der Waals surface area (Å²) in [4.78, 5) is 29.2. The number of alkyl halides is 3. The van der Waals surface area contributed by atoms with E-state index in [1.54, 1.807) is 25.4 Å². The summed E-state index contributed by atoms with van der Waals surface area (Å²) in [7, 11) is 1.64. The molecule has 0 fully saturated rings. The second kappa shape index (κ2) is 6.97. The fourth-order valence-corrected chi connectivity index (χ4v) is 3.15. The summed E-state index contributed by atoms with van der Waals surface area (Å²) in [5, 5.41) is 0. The predicted molar refractivity (Wildman–Crippen MR) is 87.4 cm³/mol. The summed E-state index contributed by atoms with van der Waals surface area (Å²) in [6.07, 6.45) is -0.758. The molecule has 1 amide bonds. The third-order valence-electron chi connectivity index (χ3n) is 4.54. The molecule has 0 N–H and O–H groups in total. The smallest absolute Gasteiger partial charge is 0.344 e. The van der Waals surface area contributed by atoms with Gasteiger partial charge in [-0.25, -0.2) is 4.98 Å². The van der Waals surface area contributed by atoms with Crippen molar-refractivity contribution in [3.05, 3.63) is 52.5 Å². The van der Waals surface area contributed by atoms with Crippen LogP contribution in [0.4, 0.5) is 13.2 Å². The van der Waals surface area contributed by atoms with E-state index in [1.165, 1.54) is 20.1 Å². The van der Waals surface area contributed by atoms with E-state index in [4.69, 9.17) is 0 Å². The minimum atomic E-state index is -4.45. The van der Waals surface area contributed by atoms with Crippen LogP contribution in [0.25, 0.3) is 0 Å². The summed E-state index contributed by atoms with van der Waals surface area (Å²) in [5.74, 6) is 0.253. The van der Waals surface area contributed by atoms with Crippen LogP contribution >= 0.6 is 0 Å². The van der Waals surface area contributed by atoms with Crippen LogP contribution in [0.15, 0.2) is 35.4 Å². The maximum Gasteiger partial charge on any atom is 0.434 e. The highest BCUT2D eigenvalue weighted by molar-refractivity contribution is 5.75. The minimum Gasteiger partial charge on any atom is -0.344 e. The van der Waals surface area contributed by atoms with Gasteiger partial charge in [-0.15, -0.1) is 0 Å². The van der Waals surface area contributed by atoms with Crippen LogP contribution in [0.1, 0.15) is 17.9 Å². The van der Waals surface area contributed by atoms with Crippen LogP contribution in [-0.4, -0.2) is 38.5 Å². The zero-order valence-electron chi connectivity index (χ0n) is 14.2. The molecule has 0 bridgehead atoms. The number of hydrogen-bond donors (Lipinski definition) is 0. The summed E-state index contributed by atoms with van der Waals surface area (Å²) in [5.41, 5.74) is -1.13. The Morgan fingerprint density at radius 2 is 2.15 bits per heavy atom. The van der Waals surface area contributed by atoms with E-state index in [-0.39, 0.29) is 23.9 Å². The van der Waals surface area contributed by atoms with E-state index in [9.17, 15) is 22.8 Å². The Kier molecular flexibility index (Phi) is 4.88. The number of nitrogens with zero attached hydrogens (tertiary/aromatic N) is 4. The van der Waals surface area contributed by atoms with Gasteiger partial charge in [0.2, 0.25) is 5.91 Å². The monoisotopic (exact) mass is 368 g/mol. The predicted octanol–water partition coefficient (Wildman–Crippen LogP) is 1.78. The molecule has 3 rings (SSSR count). The molecule has 0 saturated heterocycles. The molecule has 2 aromatic rings. The third-order valence-corrected chi connectivity index (χ3v) is 4.54. The van der Waals surface area contributed by atoms with Crippen molar-refractivity contribution in [1.82, 2.24) is 19.0 Å². The molecule has 0 radical (unpaired) electrons. The molecule has 3 heterocycles. The Labute approximate surface area is 147 Å². The lowest BCUT2D eigenvalue weighted by atomic mass is 9.99. The summed E-state index contributed by atoms with van der Waals surface area (Å²) in [6.45, 7) is 0.748. The van der Waals surface area contributed by atoms with Crippen molar-refractivity contribution in [1.29, 1.82) is 0 Å². The first-order valence-corrected chi connectivity index (χ1v) is 8.26. The molecule has 0 aliphatic carbocycles. The first-order valence-electron chi connectivity index (χ1n) is 8.26. The van der Waals surface area contributed by atoms with E-state index in [0.717, 1.165) is 6.20 Å². The van der Waals surface area contributed by atoms with Crippen molar-refractivity contribution in [2.24, 2.45) is 5.92 Å². The van der Waals surface area contributed by atoms with Gasteiger partial charge < -0.3 is 14.0 Å². The van der Waals surface area contributed by atoms with Gasteiger partial charge in [-0.3, -0.25) is 9.59 Å². The van der Waals surface area contributed by atoms with Crippen LogP contribution in [0, 0.1) is 5.92 Å². The van der Waals surface area contributed by atoms with E-state index in [2.05, 4.69) is 4.98 Å². The molecule has 1 aliphatic heterocycles. The number of likely N-dealkylation sites (N-methyl/N-ethyl adjacent to an activating group) is 1. The molecule has 0 saturated carbocycles. The summed E-state index contributed by atoms with van der Waals surface area (Å²) >= 11 is 0. The number of amides is 1. The Morgan fingerprint density at radius 3 is 2.85 bits per heavy atom. The van der Waals surface area contributed by atoms with Gasteiger partial charge in [0, 0.05) is 45.0 Å². The normalized spacial score (nSPS) is 17.0. The maximum absolute atomic E-state index is 12.8. The average molecular weight is 368 g/mol. The number of pyridine rings is 1. The number of aryl methyl sites for hydroxylation is 1. The Balaban J connectivity index is 1.61. The number of fused-ring (bicyclic) bond motifs is 1. The number of carbonyl (C=O) groups is 1. The lowest BCUT2D eigenvalue weighted by Crippen LogP contribution is -2.38. The quantitative estimate of drug-likeness (QED) is 0.827. The van der Waals surface area contributed by atoms with E-state index in [1.807, 2.05) is 0 Å². The van der Waals surface area contributed by atoms with Crippen molar-refractivity contribution in [3.8, 4) is 0 Å². The van der Waals surface area contributed by atoms with Crippen LogP contribution in [0.5, 0.6) is 0 Å². The molecule has 140 valence electrons. The zero-order valence-corrected chi connectivity index (χ0v) is 14.2. The lowest BCUT2D eigenvalue weighted by molar-refractivity contribution is -0.141. The fraction of sp³-hybridized carbons (Fsp3) is 0.471. The molecule has 1 aliphatic rings. The number of halogens is 3. The number of hydrogen-bond acceptors (Lipinski definition) is 3. The largest absolute Gasteiger partial charge is 0.434 e. The fourth-order valence-electron chi connectivity index (χ4n) is 3.15. The molecule has 2 aromatic heterocycles. The van der Waals surface area contributed by atoms with Gasteiger partial charge in [0.25, 0.3) is 5.56 Å². The standard InChI is InChI=1S/C17H19F3N4O2/c1-22(16(26)11-23-7-3-2-4-15(23)25)8-12-5-6-14-21-13(17(18,19)20)10-24(14)9-12/h2-4,7,10,12H,5-6,8-9,11H2,1H3/t12-/m0/s1. The van der Waals surface area contributed by atoms with Crippen molar-refractivity contribution in [2.75, 3.05) is 13.6 Å². The summed E-state index contributed by atoms with van der Waals surface area (Å²) < 4.78 is 41.2. The molecule has 9 heteroatoms. The SMILES string of the molecule is CN(C[C@@H]1CCc2nc(C(F)(F)F)cn2C1)C(=O)Cn1ccccc1=O. The topological polar surface area (TPSA) is 60.1 Å².